The van der Waals surface area contributed by atoms with Gasteiger partial charge >= 0.3 is 0 Å². The van der Waals surface area contributed by atoms with Gasteiger partial charge < -0.3 is 15.5 Å². The number of allylic oxidation sites excluding steroid dienone is 11. The van der Waals surface area contributed by atoms with Crippen LogP contribution in [0.2, 0.25) is 0 Å². The van der Waals surface area contributed by atoms with Gasteiger partial charge in [0, 0.05) is 6.42 Å². The van der Waals surface area contributed by atoms with Crippen molar-refractivity contribution in [3.8, 4) is 0 Å². The van der Waals surface area contributed by atoms with Crippen molar-refractivity contribution >= 4 is 5.91 Å². The number of carbonyl (C=O) groups is 1. The van der Waals surface area contributed by atoms with Gasteiger partial charge in [-0.1, -0.05) is 324 Å². The molecule has 0 aromatic rings. The standard InChI is InChI=1S/C67H123NO3/c1-3-5-7-9-11-13-15-17-19-21-23-25-27-29-31-33-34-35-37-39-41-43-45-47-49-51-53-55-57-59-61-63-67(71)68-65(64-69)66(70)62-60-58-56-54-52-50-48-46-44-42-40-38-36-32-30-28-26-24-22-20-18-16-14-12-10-8-6-4-2/h5,7,11,13,17,19,23,25,52,54,60,62,65-66,69-70H,3-4,6,8-10,12,14-16,18,20-22,24,26-51,53,55-59,61,63-64H2,1-2H3,(H,68,71)/b7-5-,13-11-,19-17-,25-23-,54-52+,62-60+. The molecule has 0 rings (SSSR count). The van der Waals surface area contributed by atoms with Gasteiger partial charge in [0.25, 0.3) is 0 Å². The van der Waals surface area contributed by atoms with E-state index in [0.717, 1.165) is 57.8 Å². The van der Waals surface area contributed by atoms with E-state index in [9.17, 15) is 15.0 Å². The van der Waals surface area contributed by atoms with Crippen LogP contribution in [0.4, 0.5) is 0 Å². The Morgan fingerprint density at radius 3 is 0.986 bits per heavy atom. The van der Waals surface area contributed by atoms with E-state index in [1.807, 2.05) is 6.08 Å². The molecular weight excluding hydrogens is 867 g/mol. The lowest BCUT2D eigenvalue weighted by Crippen LogP contribution is -2.45. The minimum absolute atomic E-state index is 0.0704. The van der Waals surface area contributed by atoms with Gasteiger partial charge in [-0.2, -0.15) is 0 Å². The third kappa shape index (κ3) is 58.6. The van der Waals surface area contributed by atoms with Crippen LogP contribution in [-0.4, -0.2) is 34.9 Å². The zero-order valence-corrected chi connectivity index (χ0v) is 47.7. The van der Waals surface area contributed by atoms with Crippen molar-refractivity contribution in [1.29, 1.82) is 0 Å². The predicted octanol–water partition coefficient (Wildman–Crippen LogP) is 21.3. The van der Waals surface area contributed by atoms with Crippen LogP contribution < -0.4 is 5.32 Å². The second-order valence-electron chi connectivity index (χ2n) is 21.4. The van der Waals surface area contributed by atoms with Crippen LogP contribution in [0.5, 0.6) is 0 Å². The van der Waals surface area contributed by atoms with Crippen molar-refractivity contribution in [2.75, 3.05) is 6.61 Å². The van der Waals surface area contributed by atoms with E-state index in [4.69, 9.17) is 0 Å². The lowest BCUT2D eigenvalue weighted by Gasteiger charge is -2.19. The maximum atomic E-state index is 12.5. The van der Waals surface area contributed by atoms with Crippen LogP contribution in [0.3, 0.4) is 0 Å². The van der Waals surface area contributed by atoms with E-state index < -0.39 is 12.1 Å². The smallest absolute Gasteiger partial charge is 0.220 e. The van der Waals surface area contributed by atoms with Gasteiger partial charge in [-0.05, 0) is 70.6 Å². The molecule has 1 amide bonds. The predicted molar refractivity (Wildman–Crippen MR) is 317 cm³/mol. The molecule has 0 aliphatic carbocycles. The lowest BCUT2D eigenvalue weighted by molar-refractivity contribution is -0.123. The van der Waals surface area contributed by atoms with Crippen molar-refractivity contribution in [1.82, 2.24) is 5.32 Å². The fraction of sp³-hybridized carbons (Fsp3) is 0.806. The maximum absolute atomic E-state index is 12.5. The van der Waals surface area contributed by atoms with Gasteiger partial charge in [0.2, 0.25) is 5.91 Å². The van der Waals surface area contributed by atoms with Gasteiger partial charge in [-0.15, -0.1) is 0 Å². The molecule has 0 saturated heterocycles. The summed E-state index contributed by atoms with van der Waals surface area (Å²) in [6.45, 7) is 4.22. The average Bonchev–Trinajstić information content (AvgIpc) is 3.37. The molecule has 4 heteroatoms. The summed E-state index contributed by atoms with van der Waals surface area (Å²) in [5.41, 5.74) is 0. The number of rotatable bonds is 58. The highest BCUT2D eigenvalue weighted by Crippen LogP contribution is 2.18. The first-order chi connectivity index (χ1) is 35.2. The fourth-order valence-corrected chi connectivity index (χ4v) is 9.66. The first kappa shape index (κ1) is 68.8. The lowest BCUT2D eigenvalue weighted by atomic mass is 10.0. The Balaban J connectivity index is 3.49. The highest BCUT2D eigenvalue weighted by molar-refractivity contribution is 5.76. The maximum Gasteiger partial charge on any atom is 0.220 e. The Bertz CT molecular complexity index is 1210. The molecule has 0 aromatic heterocycles. The minimum Gasteiger partial charge on any atom is -0.394 e. The topological polar surface area (TPSA) is 69.6 Å². The van der Waals surface area contributed by atoms with E-state index in [-0.39, 0.29) is 12.5 Å². The third-order valence-electron chi connectivity index (χ3n) is 14.4. The van der Waals surface area contributed by atoms with E-state index in [1.54, 1.807) is 6.08 Å². The Morgan fingerprint density at radius 1 is 0.352 bits per heavy atom. The number of carbonyl (C=O) groups excluding carboxylic acids is 1. The molecule has 0 aliphatic rings. The molecule has 0 heterocycles. The summed E-state index contributed by atoms with van der Waals surface area (Å²) >= 11 is 0. The van der Waals surface area contributed by atoms with Crippen LogP contribution in [0, 0.1) is 0 Å². The van der Waals surface area contributed by atoms with E-state index in [0.29, 0.717) is 6.42 Å². The van der Waals surface area contributed by atoms with Crippen molar-refractivity contribution in [2.45, 2.75) is 341 Å². The summed E-state index contributed by atoms with van der Waals surface area (Å²) in [5, 5.41) is 23.2. The Kier molecular flexibility index (Phi) is 60.2. The van der Waals surface area contributed by atoms with E-state index in [1.165, 1.54) is 250 Å². The molecule has 414 valence electrons. The van der Waals surface area contributed by atoms with Crippen LogP contribution in [-0.2, 0) is 4.79 Å². The Hall–Kier alpha value is -2.17. The van der Waals surface area contributed by atoms with E-state index in [2.05, 4.69) is 79.9 Å². The Morgan fingerprint density at radius 2 is 0.634 bits per heavy atom. The largest absolute Gasteiger partial charge is 0.394 e. The van der Waals surface area contributed by atoms with Gasteiger partial charge in [0.1, 0.15) is 0 Å². The first-order valence-corrected chi connectivity index (χ1v) is 31.7. The van der Waals surface area contributed by atoms with Gasteiger partial charge in [-0.3, -0.25) is 4.79 Å². The van der Waals surface area contributed by atoms with Crippen molar-refractivity contribution in [3.05, 3.63) is 72.9 Å². The van der Waals surface area contributed by atoms with Crippen molar-refractivity contribution < 1.29 is 15.0 Å². The number of aliphatic hydroxyl groups is 2. The monoisotopic (exact) mass is 990 g/mol. The van der Waals surface area contributed by atoms with Crippen LogP contribution in [0.1, 0.15) is 328 Å². The quantitative estimate of drug-likeness (QED) is 0.0420. The molecule has 3 N–H and O–H groups in total. The third-order valence-corrected chi connectivity index (χ3v) is 14.4. The van der Waals surface area contributed by atoms with E-state index >= 15 is 0 Å². The Labute approximate surface area is 444 Å². The number of hydrogen-bond donors (Lipinski definition) is 3. The summed E-state index contributed by atoms with van der Waals surface area (Å²) in [7, 11) is 0. The summed E-state index contributed by atoms with van der Waals surface area (Å²) in [6, 6.07) is -0.642. The van der Waals surface area contributed by atoms with Crippen LogP contribution >= 0.6 is 0 Å². The van der Waals surface area contributed by atoms with Gasteiger partial charge in [-0.25, -0.2) is 0 Å². The second-order valence-corrected chi connectivity index (χ2v) is 21.4. The van der Waals surface area contributed by atoms with Gasteiger partial charge in [0.15, 0.2) is 0 Å². The summed E-state index contributed by atoms with van der Waals surface area (Å²) in [6.07, 6.45) is 89.6. The van der Waals surface area contributed by atoms with Gasteiger partial charge in [0.05, 0.1) is 18.8 Å². The van der Waals surface area contributed by atoms with Crippen molar-refractivity contribution in [3.63, 3.8) is 0 Å². The molecule has 0 spiro atoms. The molecule has 0 radical (unpaired) electrons. The molecule has 0 aliphatic heterocycles. The molecule has 0 bridgehead atoms. The second kappa shape index (κ2) is 62.1. The highest BCUT2D eigenvalue weighted by atomic mass is 16.3. The molecule has 0 fully saturated rings. The highest BCUT2D eigenvalue weighted by Gasteiger charge is 2.18. The molecule has 2 unspecified atom stereocenters. The molecular formula is C67H123NO3. The number of unbranched alkanes of at least 4 members (excludes halogenated alkanes) is 41. The molecule has 2 atom stereocenters. The zero-order valence-electron chi connectivity index (χ0n) is 47.7. The number of hydrogen-bond acceptors (Lipinski definition) is 3. The normalized spacial score (nSPS) is 13.2. The first-order valence-electron chi connectivity index (χ1n) is 31.7. The number of nitrogens with one attached hydrogen (secondary N) is 1. The zero-order chi connectivity index (χ0) is 51.3. The summed E-state index contributed by atoms with van der Waals surface area (Å²) < 4.78 is 0. The van der Waals surface area contributed by atoms with Crippen LogP contribution in [0.15, 0.2) is 72.9 Å². The summed E-state index contributed by atoms with van der Waals surface area (Å²) in [5.74, 6) is -0.0704. The fourth-order valence-electron chi connectivity index (χ4n) is 9.66. The average molecular weight is 991 g/mol. The molecule has 0 saturated carbocycles. The van der Waals surface area contributed by atoms with Crippen molar-refractivity contribution in [2.24, 2.45) is 0 Å². The number of amides is 1. The summed E-state index contributed by atoms with van der Waals surface area (Å²) in [4.78, 5) is 12.5. The molecule has 71 heavy (non-hydrogen) atoms. The SMILES string of the molecule is CC/C=C\C/C=C\C/C=C\C/C=C\CCCCCCCCCCCCCCCCCCCCC(=O)NC(CO)C(O)/C=C/CC/C=C/CCCCCCCCCCCCCCCCCCCCCCCC. The van der Waals surface area contributed by atoms with Crippen LogP contribution in [0.25, 0.3) is 0 Å². The molecule has 0 aromatic carbocycles. The molecule has 4 nitrogen and oxygen atoms in total. The minimum atomic E-state index is -0.865. The number of aliphatic hydroxyl groups excluding tert-OH is 2.